The van der Waals surface area contributed by atoms with E-state index in [4.69, 9.17) is 27.9 Å². The zero-order chi connectivity index (χ0) is 19.6. The zero-order valence-corrected chi connectivity index (χ0v) is 17.0. The summed E-state index contributed by atoms with van der Waals surface area (Å²) in [5.74, 6) is 0.00420. The molecular weight excluding hydrogens is 389 g/mol. The highest BCUT2D eigenvalue weighted by Gasteiger charge is 2.23. The second-order valence-corrected chi connectivity index (χ2v) is 7.27. The number of ether oxygens (including phenoxy) is 1. The number of piperazine rings is 1. The first-order valence-electron chi connectivity index (χ1n) is 9.01. The molecule has 0 spiro atoms. The Morgan fingerprint density at radius 3 is 2.67 bits per heavy atom. The van der Waals surface area contributed by atoms with Crippen LogP contribution in [0.2, 0.25) is 10.0 Å². The number of amides is 2. The summed E-state index contributed by atoms with van der Waals surface area (Å²) in [5.41, 5.74) is 0.826. The molecule has 0 saturated carbocycles. The van der Waals surface area contributed by atoms with E-state index in [0.717, 1.165) is 25.1 Å². The number of benzene rings is 1. The molecule has 2 amide bonds. The second kappa shape index (κ2) is 11.3. The van der Waals surface area contributed by atoms with E-state index in [1.54, 1.807) is 36.3 Å². The number of carbonyl (C=O) groups is 2. The Morgan fingerprint density at radius 1 is 1.26 bits per heavy atom. The zero-order valence-electron chi connectivity index (χ0n) is 15.5. The summed E-state index contributed by atoms with van der Waals surface area (Å²) in [6, 6.07) is 5.24. The Kier molecular flexibility index (Phi) is 9.07. The van der Waals surface area contributed by atoms with Crippen LogP contribution in [0.5, 0.6) is 0 Å². The van der Waals surface area contributed by atoms with Crippen molar-refractivity contribution >= 4 is 41.1 Å². The maximum absolute atomic E-state index is 12.3. The molecule has 1 aromatic carbocycles. The summed E-state index contributed by atoms with van der Waals surface area (Å²) in [6.07, 6.45) is 4.09. The number of quaternary nitrogens is 1. The van der Waals surface area contributed by atoms with E-state index in [9.17, 15) is 9.59 Å². The molecule has 0 atom stereocenters. The summed E-state index contributed by atoms with van der Waals surface area (Å²) in [4.78, 5) is 27.2. The first-order chi connectivity index (χ1) is 13.0. The molecule has 2 N–H and O–H groups in total. The normalized spacial score (nSPS) is 15.3. The lowest BCUT2D eigenvalue weighted by molar-refractivity contribution is -0.896. The van der Waals surface area contributed by atoms with Gasteiger partial charge in [0.05, 0.1) is 36.2 Å². The van der Waals surface area contributed by atoms with Gasteiger partial charge in [0.25, 0.3) is 5.91 Å². The van der Waals surface area contributed by atoms with Crippen molar-refractivity contribution in [2.24, 2.45) is 0 Å². The molecule has 2 rings (SSSR count). The van der Waals surface area contributed by atoms with Gasteiger partial charge in [0.1, 0.15) is 0 Å². The van der Waals surface area contributed by atoms with Crippen LogP contribution in [0.25, 0.3) is 6.08 Å². The summed E-state index contributed by atoms with van der Waals surface area (Å²) in [6.45, 7) is 4.51. The van der Waals surface area contributed by atoms with Crippen molar-refractivity contribution in [1.29, 1.82) is 0 Å². The van der Waals surface area contributed by atoms with E-state index in [1.807, 2.05) is 6.07 Å². The highest BCUT2D eigenvalue weighted by Crippen LogP contribution is 2.23. The van der Waals surface area contributed by atoms with Gasteiger partial charge in [0.2, 0.25) is 5.91 Å². The molecule has 6 nitrogen and oxygen atoms in total. The van der Waals surface area contributed by atoms with Gasteiger partial charge in [-0.3, -0.25) is 9.59 Å². The fourth-order valence-corrected chi connectivity index (χ4v) is 3.15. The molecule has 1 heterocycles. The third-order valence-electron chi connectivity index (χ3n) is 4.40. The number of hydrogen-bond acceptors (Lipinski definition) is 3. The standard InChI is InChI=1S/C19H25Cl2N3O3/c1-27-12-2-7-22-18(25)14-23-8-10-24(11-9-23)19(26)6-4-15-3-5-16(20)17(21)13-15/h3-6,13H,2,7-12,14H2,1H3,(H,22,25)/p+1/b6-4+. The largest absolute Gasteiger partial charge is 0.385 e. The van der Waals surface area contributed by atoms with Crippen LogP contribution in [-0.2, 0) is 14.3 Å². The predicted molar refractivity (Wildman–Crippen MR) is 107 cm³/mol. The molecule has 1 fully saturated rings. The van der Waals surface area contributed by atoms with Crippen LogP contribution >= 0.6 is 23.2 Å². The number of rotatable bonds is 8. The smallest absolute Gasteiger partial charge is 0.275 e. The topological polar surface area (TPSA) is 63.1 Å². The van der Waals surface area contributed by atoms with Crippen molar-refractivity contribution in [1.82, 2.24) is 10.2 Å². The van der Waals surface area contributed by atoms with Crippen molar-refractivity contribution in [3.05, 3.63) is 39.9 Å². The summed E-state index contributed by atoms with van der Waals surface area (Å²) in [7, 11) is 1.65. The Hall–Kier alpha value is -1.60. The van der Waals surface area contributed by atoms with Crippen LogP contribution in [0.1, 0.15) is 12.0 Å². The number of hydrogen-bond donors (Lipinski definition) is 2. The monoisotopic (exact) mass is 414 g/mol. The molecule has 0 bridgehead atoms. The fraction of sp³-hybridized carbons (Fsp3) is 0.474. The number of halogens is 2. The molecule has 1 saturated heterocycles. The lowest BCUT2D eigenvalue weighted by atomic mass is 10.2. The maximum Gasteiger partial charge on any atom is 0.275 e. The minimum atomic E-state index is -0.0378. The van der Waals surface area contributed by atoms with Gasteiger partial charge in [-0.25, -0.2) is 0 Å². The highest BCUT2D eigenvalue weighted by molar-refractivity contribution is 6.42. The average Bonchev–Trinajstić information content (AvgIpc) is 2.66. The van der Waals surface area contributed by atoms with Crippen molar-refractivity contribution in [3.63, 3.8) is 0 Å². The van der Waals surface area contributed by atoms with E-state index in [2.05, 4.69) is 5.32 Å². The summed E-state index contributed by atoms with van der Waals surface area (Å²) < 4.78 is 4.95. The van der Waals surface area contributed by atoms with Gasteiger partial charge in [-0.2, -0.15) is 0 Å². The van der Waals surface area contributed by atoms with E-state index >= 15 is 0 Å². The minimum Gasteiger partial charge on any atom is -0.385 e. The molecular formula is C19H26Cl2N3O3+. The number of methoxy groups -OCH3 is 1. The molecule has 1 aromatic rings. The summed E-state index contributed by atoms with van der Waals surface area (Å²) >= 11 is 11.9. The predicted octanol–water partition coefficient (Wildman–Crippen LogP) is 0.886. The lowest BCUT2D eigenvalue weighted by Crippen LogP contribution is -3.15. The Labute approximate surface area is 170 Å². The molecule has 1 aliphatic rings. The summed E-state index contributed by atoms with van der Waals surface area (Å²) in [5, 5.41) is 3.84. The Bertz CT molecular complexity index is 674. The van der Waals surface area contributed by atoms with Gasteiger partial charge in [-0.1, -0.05) is 29.3 Å². The van der Waals surface area contributed by atoms with E-state index in [-0.39, 0.29) is 11.8 Å². The third-order valence-corrected chi connectivity index (χ3v) is 5.14. The lowest BCUT2D eigenvalue weighted by Gasteiger charge is -2.31. The Morgan fingerprint density at radius 2 is 2.00 bits per heavy atom. The highest BCUT2D eigenvalue weighted by atomic mass is 35.5. The molecule has 0 aromatic heterocycles. The molecule has 0 aliphatic carbocycles. The first-order valence-corrected chi connectivity index (χ1v) is 9.76. The van der Waals surface area contributed by atoms with Crippen molar-refractivity contribution < 1.29 is 19.2 Å². The van der Waals surface area contributed by atoms with Crippen LogP contribution in [0.3, 0.4) is 0 Å². The van der Waals surface area contributed by atoms with Crippen LogP contribution in [0.4, 0.5) is 0 Å². The molecule has 1 aliphatic heterocycles. The van der Waals surface area contributed by atoms with Gasteiger partial charge in [0.15, 0.2) is 6.54 Å². The molecule has 148 valence electrons. The van der Waals surface area contributed by atoms with Crippen LogP contribution < -0.4 is 10.2 Å². The second-order valence-electron chi connectivity index (χ2n) is 6.46. The van der Waals surface area contributed by atoms with Crippen molar-refractivity contribution in [3.8, 4) is 0 Å². The number of nitrogens with one attached hydrogen (secondary N) is 2. The van der Waals surface area contributed by atoms with Crippen molar-refractivity contribution in [2.45, 2.75) is 6.42 Å². The molecule has 0 unspecified atom stereocenters. The minimum absolute atomic E-state index is 0.0378. The van der Waals surface area contributed by atoms with E-state index in [1.165, 1.54) is 4.90 Å². The SMILES string of the molecule is COCCCNC(=O)C[NH+]1CCN(C(=O)/C=C/c2ccc(Cl)c(Cl)c2)CC1. The van der Waals surface area contributed by atoms with Gasteiger partial charge < -0.3 is 19.9 Å². The maximum atomic E-state index is 12.3. The van der Waals surface area contributed by atoms with Crippen molar-refractivity contribution in [2.75, 3.05) is 53.0 Å². The van der Waals surface area contributed by atoms with Gasteiger partial charge in [0, 0.05) is 26.3 Å². The first kappa shape index (κ1) is 21.7. The molecule has 27 heavy (non-hydrogen) atoms. The average molecular weight is 415 g/mol. The van der Waals surface area contributed by atoms with Crippen LogP contribution in [-0.4, -0.2) is 69.7 Å². The third kappa shape index (κ3) is 7.50. The molecule has 0 radical (unpaired) electrons. The fourth-order valence-electron chi connectivity index (χ4n) is 2.84. The van der Waals surface area contributed by atoms with E-state index < -0.39 is 0 Å². The molecule has 8 heteroatoms. The van der Waals surface area contributed by atoms with Gasteiger partial charge in [-0.15, -0.1) is 0 Å². The number of carbonyl (C=O) groups excluding carboxylic acids is 2. The van der Waals surface area contributed by atoms with Crippen LogP contribution in [0.15, 0.2) is 24.3 Å². The van der Waals surface area contributed by atoms with E-state index in [0.29, 0.717) is 42.8 Å². The van der Waals surface area contributed by atoms with Gasteiger partial charge >= 0.3 is 0 Å². The number of nitrogens with zero attached hydrogens (tertiary/aromatic N) is 1. The quantitative estimate of drug-likeness (QED) is 0.490. The van der Waals surface area contributed by atoms with Gasteiger partial charge in [-0.05, 0) is 30.2 Å². The Balaban J connectivity index is 1.72. The van der Waals surface area contributed by atoms with Crippen LogP contribution in [0, 0.1) is 0 Å².